The van der Waals surface area contributed by atoms with E-state index in [-0.39, 0.29) is 11.7 Å². The van der Waals surface area contributed by atoms with Crippen LogP contribution in [0.2, 0.25) is 0 Å². The van der Waals surface area contributed by atoms with Gasteiger partial charge in [-0.3, -0.25) is 4.79 Å². The van der Waals surface area contributed by atoms with Crippen molar-refractivity contribution in [2.24, 2.45) is 5.92 Å². The van der Waals surface area contributed by atoms with Gasteiger partial charge in [0.05, 0.1) is 6.61 Å². The number of aromatic amines is 1. The highest BCUT2D eigenvalue weighted by molar-refractivity contribution is 8.05. The van der Waals surface area contributed by atoms with Crippen molar-refractivity contribution >= 4 is 34.9 Å². The number of benzene rings is 2. The largest absolute Gasteiger partial charge is 0.381 e. The van der Waals surface area contributed by atoms with Crippen LogP contribution in [0.4, 0.5) is 11.4 Å². The molecule has 6 rings (SSSR count). The van der Waals surface area contributed by atoms with Crippen LogP contribution in [0, 0.1) is 5.92 Å². The molecule has 2 aromatic carbocycles. The number of nitrogens with one attached hydrogen (secondary N) is 3. The highest BCUT2D eigenvalue weighted by Gasteiger charge is 2.29. The van der Waals surface area contributed by atoms with Crippen LogP contribution in [0.5, 0.6) is 0 Å². The summed E-state index contributed by atoms with van der Waals surface area (Å²) in [5.41, 5.74) is 3.03. The van der Waals surface area contributed by atoms with Crippen molar-refractivity contribution in [2.45, 2.75) is 70.8 Å². The normalized spacial score (nSPS) is 20.2. The zero-order valence-corrected chi connectivity index (χ0v) is 24.2. The molecule has 1 saturated heterocycles. The summed E-state index contributed by atoms with van der Waals surface area (Å²) in [5, 5.41) is 7.40. The molecule has 206 valence electrons. The molecule has 8 heteroatoms. The molecule has 0 amide bonds. The van der Waals surface area contributed by atoms with Crippen molar-refractivity contribution in [2.75, 3.05) is 43.0 Å². The van der Waals surface area contributed by atoms with E-state index in [9.17, 15) is 4.79 Å². The maximum atomic E-state index is 12.4. The van der Waals surface area contributed by atoms with E-state index in [1.807, 2.05) is 35.7 Å². The standard InChI is InChI=1S/C31H38N4O2S2/c1-21(18-32-19-22-7-3-2-4-8-22)34-23-12-13-27-29(17-23)38-28-11-5-9-24(30(28)39-27)26-20-35(15-16-37-26)25-10-6-14-33-31(25)36/h5-6,9-14,17,21-22,26,32,34H,2-4,7-8,15-16,18-20H2,1H3,(H,33,36). The minimum absolute atomic E-state index is 0.0502. The summed E-state index contributed by atoms with van der Waals surface area (Å²) in [5.74, 6) is 0.858. The Kier molecular flexibility index (Phi) is 8.54. The quantitative estimate of drug-likeness (QED) is 0.225. The second kappa shape index (κ2) is 12.4. The van der Waals surface area contributed by atoms with Crippen molar-refractivity contribution in [3.8, 4) is 0 Å². The van der Waals surface area contributed by atoms with Crippen LogP contribution in [0.1, 0.15) is 50.7 Å². The molecule has 2 aliphatic heterocycles. The second-order valence-electron chi connectivity index (χ2n) is 10.9. The van der Waals surface area contributed by atoms with Gasteiger partial charge in [-0.05, 0) is 74.2 Å². The molecule has 2 unspecified atom stereocenters. The molecule has 1 aliphatic carbocycles. The molecule has 1 saturated carbocycles. The minimum Gasteiger partial charge on any atom is -0.381 e. The molecular weight excluding hydrogens is 525 g/mol. The van der Waals surface area contributed by atoms with Gasteiger partial charge in [0, 0.05) is 57.1 Å². The number of fused-ring (bicyclic) bond motifs is 2. The summed E-state index contributed by atoms with van der Waals surface area (Å²) < 4.78 is 6.25. The molecule has 0 bridgehead atoms. The van der Waals surface area contributed by atoms with Gasteiger partial charge in [-0.2, -0.15) is 0 Å². The third-order valence-electron chi connectivity index (χ3n) is 7.96. The van der Waals surface area contributed by atoms with Gasteiger partial charge in [0.2, 0.25) is 0 Å². The van der Waals surface area contributed by atoms with Crippen LogP contribution in [0.15, 0.2) is 79.1 Å². The van der Waals surface area contributed by atoms with E-state index in [1.54, 1.807) is 6.20 Å². The summed E-state index contributed by atoms with van der Waals surface area (Å²) in [6, 6.07) is 17.4. The van der Waals surface area contributed by atoms with Crippen LogP contribution < -0.4 is 21.1 Å². The molecule has 2 atom stereocenters. The number of H-pyrrole nitrogens is 1. The lowest BCUT2D eigenvalue weighted by Crippen LogP contribution is -2.41. The molecule has 2 fully saturated rings. The topological polar surface area (TPSA) is 69.4 Å². The Bertz CT molecular complexity index is 1340. The molecule has 3 aliphatic rings. The van der Waals surface area contributed by atoms with E-state index in [0.29, 0.717) is 31.4 Å². The Labute approximate surface area is 239 Å². The maximum Gasteiger partial charge on any atom is 0.271 e. The summed E-state index contributed by atoms with van der Waals surface area (Å²) in [4.78, 5) is 22.4. The maximum absolute atomic E-state index is 12.4. The third kappa shape index (κ3) is 6.35. The molecule has 39 heavy (non-hydrogen) atoms. The van der Waals surface area contributed by atoms with E-state index in [1.165, 1.54) is 62.9 Å². The second-order valence-corrected chi connectivity index (χ2v) is 13.1. The molecule has 0 spiro atoms. The Morgan fingerprint density at radius 2 is 1.95 bits per heavy atom. The summed E-state index contributed by atoms with van der Waals surface area (Å²) in [7, 11) is 0. The van der Waals surface area contributed by atoms with Crippen molar-refractivity contribution in [3.05, 3.63) is 70.6 Å². The molecule has 3 heterocycles. The first-order valence-corrected chi connectivity index (χ1v) is 15.9. The predicted molar refractivity (Wildman–Crippen MR) is 162 cm³/mol. The van der Waals surface area contributed by atoms with Crippen LogP contribution in [-0.2, 0) is 4.74 Å². The lowest BCUT2D eigenvalue weighted by Gasteiger charge is -2.35. The fourth-order valence-electron chi connectivity index (χ4n) is 5.92. The zero-order valence-electron chi connectivity index (χ0n) is 22.6. The van der Waals surface area contributed by atoms with Crippen molar-refractivity contribution in [1.29, 1.82) is 0 Å². The van der Waals surface area contributed by atoms with Crippen LogP contribution in [0.25, 0.3) is 0 Å². The number of rotatable bonds is 8. The van der Waals surface area contributed by atoms with Crippen LogP contribution >= 0.6 is 23.5 Å². The molecule has 6 nitrogen and oxygen atoms in total. The number of pyridine rings is 1. The fourth-order valence-corrected chi connectivity index (χ4v) is 8.37. The van der Waals surface area contributed by atoms with Gasteiger partial charge in [0.25, 0.3) is 5.56 Å². The van der Waals surface area contributed by atoms with Crippen molar-refractivity contribution in [3.63, 3.8) is 0 Å². The van der Waals surface area contributed by atoms with Gasteiger partial charge in [0.1, 0.15) is 11.8 Å². The molecule has 1 aromatic heterocycles. The van der Waals surface area contributed by atoms with Crippen LogP contribution in [0.3, 0.4) is 0 Å². The summed E-state index contributed by atoms with van der Waals surface area (Å²) in [6.07, 6.45) is 8.58. The smallest absolute Gasteiger partial charge is 0.271 e. The lowest BCUT2D eigenvalue weighted by molar-refractivity contribution is 0.0378. The average molecular weight is 563 g/mol. The van der Waals surface area contributed by atoms with Crippen LogP contribution in [-0.4, -0.2) is 43.8 Å². The SMILES string of the molecule is CC(CNCC1CCCCC1)Nc1ccc2c(c1)Sc1cccc(C3CN(c4ccc[nH]c4=O)CCO3)c1S2. The highest BCUT2D eigenvalue weighted by Crippen LogP contribution is 2.51. The van der Waals surface area contributed by atoms with E-state index in [2.05, 4.69) is 63.8 Å². The van der Waals surface area contributed by atoms with Gasteiger partial charge in [-0.1, -0.05) is 54.9 Å². The van der Waals surface area contributed by atoms with Gasteiger partial charge in [-0.15, -0.1) is 0 Å². The Morgan fingerprint density at radius 1 is 1.05 bits per heavy atom. The number of morpholine rings is 1. The molecular formula is C31H38N4O2S2. The van der Waals surface area contributed by atoms with E-state index in [0.717, 1.165) is 19.0 Å². The Balaban J connectivity index is 1.11. The molecule has 3 aromatic rings. The van der Waals surface area contributed by atoms with Gasteiger partial charge >= 0.3 is 0 Å². The number of anilines is 2. The van der Waals surface area contributed by atoms with E-state index >= 15 is 0 Å². The lowest BCUT2D eigenvalue weighted by atomic mass is 9.89. The monoisotopic (exact) mass is 562 g/mol. The number of nitrogens with zero attached hydrogens (tertiary/aromatic N) is 1. The number of hydrogen-bond acceptors (Lipinski definition) is 7. The average Bonchev–Trinajstić information content (AvgIpc) is 2.96. The Hall–Kier alpha value is -2.39. The molecule has 3 N–H and O–H groups in total. The van der Waals surface area contributed by atoms with Gasteiger partial charge < -0.3 is 25.3 Å². The first-order valence-electron chi connectivity index (χ1n) is 14.3. The summed E-state index contributed by atoms with van der Waals surface area (Å²) in [6.45, 7) is 6.36. The number of ether oxygens (including phenoxy) is 1. The highest BCUT2D eigenvalue weighted by atomic mass is 32.2. The van der Waals surface area contributed by atoms with E-state index in [4.69, 9.17) is 4.74 Å². The van der Waals surface area contributed by atoms with Gasteiger partial charge in [-0.25, -0.2) is 0 Å². The number of hydrogen-bond donors (Lipinski definition) is 3. The zero-order chi connectivity index (χ0) is 26.6. The predicted octanol–water partition coefficient (Wildman–Crippen LogP) is 6.54. The van der Waals surface area contributed by atoms with Crippen molar-refractivity contribution in [1.82, 2.24) is 10.3 Å². The number of aromatic nitrogens is 1. The minimum atomic E-state index is -0.0779. The fraction of sp³-hybridized carbons (Fsp3) is 0.452. The Morgan fingerprint density at radius 3 is 2.82 bits per heavy atom. The van der Waals surface area contributed by atoms with Crippen molar-refractivity contribution < 1.29 is 4.74 Å². The molecule has 0 radical (unpaired) electrons. The third-order valence-corrected chi connectivity index (χ3v) is 10.6. The van der Waals surface area contributed by atoms with E-state index < -0.39 is 0 Å². The first kappa shape index (κ1) is 26.8. The summed E-state index contributed by atoms with van der Waals surface area (Å²) >= 11 is 3.67. The van der Waals surface area contributed by atoms with Gasteiger partial charge in [0.15, 0.2) is 0 Å². The first-order chi connectivity index (χ1) is 19.1.